The molecule has 0 aliphatic carbocycles. The van der Waals surface area contributed by atoms with Gasteiger partial charge in [0.15, 0.2) is 0 Å². The largest absolute Gasteiger partial charge is 0.508 e. The quantitative estimate of drug-likeness (QED) is 0.856. The second-order valence-electron chi connectivity index (χ2n) is 5.85. The van der Waals surface area contributed by atoms with Gasteiger partial charge in [-0.15, -0.1) is 0 Å². The van der Waals surface area contributed by atoms with E-state index in [-0.39, 0.29) is 0 Å². The van der Waals surface area contributed by atoms with Crippen LogP contribution in [0.4, 0.5) is 0 Å². The molecule has 0 amide bonds. The Hall–Kier alpha value is -1.06. The Morgan fingerprint density at radius 1 is 1.26 bits per heavy atom. The molecule has 19 heavy (non-hydrogen) atoms. The number of hydrogen-bond donors (Lipinski definition) is 2. The maximum atomic E-state index is 9.91. The van der Waals surface area contributed by atoms with Crippen molar-refractivity contribution in [3.63, 3.8) is 0 Å². The number of hydrogen-bond acceptors (Lipinski definition) is 3. The summed E-state index contributed by atoms with van der Waals surface area (Å²) in [6.07, 6.45) is 2.54. The Bertz CT molecular complexity index is 386. The third kappa shape index (κ3) is 4.22. The fraction of sp³-hybridized carbons (Fsp3) is 0.625. The summed E-state index contributed by atoms with van der Waals surface area (Å²) < 4.78 is 0. The first-order valence-electron chi connectivity index (χ1n) is 7.38. The zero-order chi connectivity index (χ0) is 13.7. The Labute approximate surface area is 116 Å². The van der Waals surface area contributed by atoms with Gasteiger partial charge in [0.25, 0.3) is 0 Å². The van der Waals surface area contributed by atoms with Gasteiger partial charge < -0.3 is 10.4 Å². The van der Waals surface area contributed by atoms with Crippen LogP contribution >= 0.6 is 0 Å². The van der Waals surface area contributed by atoms with Crippen molar-refractivity contribution in [1.82, 2.24) is 10.2 Å². The van der Waals surface area contributed by atoms with Gasteiger partial charge in [0.2, 0.25) is 0 Å². The number of phenolic OH excluding ortho intramolecular Hbond substituents is 1. The van der Waals surface area contributed by atoms with Crippen LogP contribution in [0.5, 0.6) is 5.75 Å². The maximum absolute atomic E-state index is 9.91. The third-order valence-electron chi connectivity index (χ3n) is 4.05. The summed E-state index contributed by atoms with van der Waals surface area (Å²) >= 11 is 0. The minimum atomic E-state index is 0.415. The van der Waals surface area contributed by atoms with Gasteiger partial charge >= 0.3 is 0 Å². The van der Waals surface area contributed by atoms with E-state index in [4.69, 9.17) is 0 Å². The molecule has 1 aromatic carbocycles. The molecule has 0 atom stereocenters. The maximum Gasteiger partial charge on any atom is 0.120 e. The number of aromatic hydroxyl groups is 1. The number of rotatable bonds is 5. The van der Waals surface area contributed by atoms with Crippen LogP contribution in [0.25, 0.3) is 0 Å². The van der Waals surface area contributed by atoms with Gasteiger partial charge in [0.05, 0.1) is 0 Å². The molecule has 0 aromatic heterocycles. The van der Waals surface area contributed by atoms with E-state index in [1.165, 1.54) is 12.8 Å². The highest BCUT2D eigenvalue weighted by Crippen LogP contribution is 2.21. The lowest BCUT2D eigenvalue weighted by Gasteiger charge is -2.33. The topological polar surface area (TPSA) is 35.5 Å². The van der Waals surface area contributed by atoms with Gasteiger partial charge in [-0.2, -0.15) is 0 Å². The van der Waals surface area contributed by atoms with Crippen molar-refractivity contribution in [2.75, 3.05) is 19.6 Å². The van der Waals surface area contributed by atoms with E-state index in [1.807, 2.05) is 18.2 Å². The predicted molar refractivity (Wildman–Crippen MR) is 79.2 cm³/mol. The van der Waals surface area contributed by atoms with Crippen LogP contribution in [0, 0.1) is 5.92 Å². The second-order valence-corrected chi connectivity index (χ2v) is 5.85. The molecule has 2 N–H and O–H groups in total. The number of para-hydroxylation sites is 1. The summed E-state index contributed by atoms with van der Waals surface area (Å²) in [5, 5.41) is 13.3. The smallest absolute Gasteiger partial charge is 0.120 e. The summed E-state index contributed by atoms with van der Waals surface area (Å²) in [6.45, 7) is 8.74. The van der Waals surface area contributed by atoms with Crippen LogP contribution in [0.2, 0.25) is 0 Å². The second kappa shape index (κ2) is 6.92. The van der Waals surface area contributed by atoms with E-state index in [0.717, 1.165) is 37.7 Å². The van der Waals surface area contributed by atoms with Gasteiger partial charge in [0, 0.05) is 24.7 Å². The summed E-state index contributed by atoms with van der Waals surface area (Å²) in [4.78, 5) is 2.48. The average Bonchev–Trinajstić information content (AvgIpc) is 2.41. The normalized spacial score (nSPS) is 17.3. The van der Waals surface area contributed by atoms with Crippen molar-refractivity contribution in [3.8, 4) is 5.75 Å². The SMILES string of the molecule is CC(C)N(Cc1ccccc1O)CC1CCNCC1. The van der Waals surface area contributed by atoms with E-state index < -0.39 is 0 Å². The molecule has 0 saturated carbocycles. The van der Waals surface area contributed by atoms with Crippen LogP contribution in [0.15, 0.2) is 24.3 Å². The Balaban J connectivity index is 1.97. The highest BCUT2D eigenvalue weighted by Gasteiger charge is 2.19. The monoisotopic (exact) mass is 262 g/mol. The summed E-state index contributed by atoms with van der Waals surface area (Å²) in [7, 11) is 0. The van der Waals surface area contributed by atoms with Gasteiger partial charge in [-0.3, -0.25) is 4.90 Å². The summed E-state index contributed by atoms with van der Waals surface area (Å²) in [5.41, 5.74) is 1.03. The van der Waals surface area contributed by atoms with Crippen LogP contribution in [-0.4, -0.2) is 35.7 Å². The molecule has 0 unspecified atom stereocenters. The molecule has 1 saturated heterocycles. The van der Waals surface area contributed by atoms with Gasteiger partial charge in [-0.05, 0) is 51.8 Å². The molecular formula is C16H26N2O. The molecule has 106 valence electrons. The number of benzene rings is 1. The molecule has 1 heterocycles. The molecule has 2 rings (SSSR count). The van der Waals surface area contributed by atoms with Crippen LogP contribution in [-0.2, 0) is 6.54 Å². The summed E-state index contributed by atoms with van der Waals surface area (Å²) in [5.74, 6) is 1.20. The minimum Gasteiger partial charge on any atom is -0.508 e. The highest BCUT2D eigenvalue weighted by atomic mass is 16.3. The van der Waals surface area contributed by atoms with Crippen molar-refractivity contribution in [2.24, 2.45) is 5.92 Å². The van der Waals surface area contributed by atoms with E-state index in [1.54, 1.807) is 6.07 Å². The Morgan fingerprint density at radius 3 is 2.58 bits per heavy atom. The van der Waals surface area contributed by atoms with Crippen molar-refractivity contribution in [1.29, 1.82) is 0 Å². The minimum absolute atomic E-state index is 0.415. The molecule has 1 aliphatic rings. The van der Waals surface area contributed by atoms with Gasteiger partial charge in [-0.25, -0.2) is 0 Å². The van der Waals surface area contributed by atoms with Crippen molar-refractivity contribution in [3.05, 3.63) is 29.8 Å². The lowest BCUT2D eigenvalue weighted by atomic mass is 9.96. The average molecular weight is 262 g/mol. The first-order chi connectivity index (χ1) is 9.16. The number of nitrogens with one attached hydrogen (secondary N) is 1. The standard InChI is InChI=1S/C16H26N2O/c1-13(2)18(11-14-7-9-17-10-8-14)12-15-5-3-4-6-16(15)19/h3-6,13-14,17,19H,7-12H2,1-2H3. The zero-order valence-corrected chi connectivity index (χ0v) is 12.1. The summed E-state index contributed by atoms with van der Waals surface area (Å²) in [6, 6.07) is 8.18. The molecule has 1 fully saturated rings. The molecule has 0 radical (unpaired) electrons. The van der Waals surface area contributed by atoms with E-state index >= 15 is 0 Å². The van der Waals surface area contributed by atoms with Gasteiger partial charge in [-0.1, -0.05) is 18.2 Å². The molecule has 0 spiro atoms. The van der Waals surface area contributed by atoms with E-state index in [2.05, 4.69) is 24.1 Å². The number of nitrogens with zero attached hydrogens (tertiary/aromatic N) is 1. The van der Waals surface area contributed by atoms with Crippen molar-refractivity contribution >= 4 is 0 Å². The molecule has 3 heteroatoms. The third-order valence-corrected chi connectivity index (χ3v) is 4.05. The van der Waals surface area contributed by atoms with Crippen molar-refractivity contribution in [2.45, 2.75) is 39.3 Å². The Kier molecular flexibility index (Phi) is 5.23. The van der Waals surface area contributed by atoms with Crippen molar-refractivity contribution < 1.29 is 5.11 Å². The molecule has 0 bridgehead atoms. The van der Waals surface area contributed by atoms with Gasteiger partial charge in [0.1, 0.15) is 5.75 Å². The lowest BCUT2D eigenvalue weighted by molar-refractivity contribution is 0.160. The van der Waals surface area contributed by atoms with Crippen LogP contribution in [0.1, 0.15) is 32.3 Å². The lowest BCUT2D eigenvalue weighted by Crippen LogP contribution is -2.39. The number of piperidine rings is 1. The molecule has 1 aliphatic heterocycles. The van der Waals surface area contributed by atoms with Crippen LogP contribution in [0.3, 0.4) is 0 Å². The van der Waals surface area contributed by atoms with Crippen LogP contribution < -0.4 is 5.32 Å². The molecular weight excluding hydrogens is 236 g/mol. The predicted octanol–water partition coefficient (Wildman–Crippen LogP) is 2.60. The van der Waals surface area contributed by atoms with E-state index in [0.29, 0.717) is 11.8 Å². The molecule has 3 nitrogen and oxygen atoms in total. The highest BCUT2D eigenvalue weighted by molar-refractivity contribution is 5.31. The number of phenols is 1. The fourth-order valence-electron chi connectivity index (χ4n) is 2.72. The first kappa shape index (κ1) is 14.4. The van der Waals surface area contributed by atoms with E-state index in [9.17, 15) is 5.11 Å². The molecule has 1 aromatic rings. The first-order valence-corrected chi connectivity index (χ1v) is 7.38. The Morgan fingerprint density at radius 2 is 1.95 bits per heavy atom. The zero-order valence-electron chi connectivity index (χ0n) is 12.1. The fourth-order valence-corrected chi connectivity index (χ4v) is 2.72.